The second-order valence-corrected chi connectivity index (χ2v) is 8.22. The molecule has 4 N–H and O–H groups in total. The smallest absolute Gasteiger partial charge is 0.335 e. The number of rotatable bonds is 6. The Hall–Kier alpha value is -2.87. The topological polar surface area (TPSA) is 112 Å². The quantitative estimate of drug-likeness (QED) is 0.515. The number of aromatic amines is 1. The van der Waals surface area contributed by atoms with E-state index in [4.69, 9.17) is 34.0 Å². The van der Waals surface area contributed by atoms with Gasteiger partial charge >= 0.3 is 5.97 Å². The number of nitrogens with one attached hydrogen (secondary N) is 1. The molecule has 0 aliphatic carbocycles. The number of aromatic nitrogens is 2. The summed E-state index contributed by atoms with van der Waals surface area (Å²) in [6, 6.07) is 11.7. The number of carboxylic acid groups (broad SMARTS) is 1. The van der Waals surface area contributed by atoms with Crippen LogP contribution in [0.3, 0.4) is 0 Å². The third-order valence-electron chi connectivity index (χ3n) is 5.47. The summed E-state index contributed by atoms with van der Waals surface area (Å²) in [6.45, 7) is 1.18. The van der Waals surface area contributed by atoms with Gasteiger partial charge in [0.2, 0.25) is 5.91 Å². The largest absolute Gasteiger partial charge is 0.478 e. The average Bonchev–Trinajstić information content (AvgIpc) is 3.35. The highest BCUT2D eigenvalue weighted by molar-refractivity contribution is 6.42. The van der Waals surface area contributed by atoms with Gasteiger partial charge in [-0.25, -0.2) is 4.79 Å². The fourth-order valence-electron chi connectivity index (χ4n) is 3.85. The predicted octanol–water partition coefficient (Wildman–Crippen LogP) is 4.06. The summed E-state index contributed by atoms with van der Waals surface area (Å²) in [4.78, 5) is 26.2. The molecule has 4 rings (SSSR count). The SMILES string of the molecule is NCCC(C(=O)N1Cc2[nH]nc(-c3ccc(C(=O)O)cc3)c2C1)c1ccc(Cl)c(Cl)c1. The highest BCUT2D eigenvalue weighted by atomic mass is 35.5. The van der Waals surface area contributed by atoms with Crippen molar-refractivity contribution in [3.05, 3.63) is 74.9 Å². The van der Waals surface area contributed by atoms with Crippen molar-refractivity contribution in [2.75, 3.05) is 6.54 Å². The Kier molecular flexibility index (Phi) is 6.00. The molecule has 0 radical (unpaired) electrons. The van der Waals surface area contributed by atoms with Gasteiger partial charge in [-0.3, -0.25) is 9.89 Å². The van der Waals surface area contributed by atoms with E-state index in [0.29, 0.717) is 41.8 Å². The molecule has 0 spiro atoms. The van der Waals surface area contributed by atoms with Crippen LogP contribution in [0.5, 0.6) is 0 Å². The molecule has 1 aromatic heterocycles. The van der Waals surface area contributed by atoms with Crippen LogP contribution < -0.4 is 5.73 Å². The second kappa shape index (κ2) is 8.70. The molecule has 1 aliphatic heterocycles. The highest BCUT2D eigenvalue weighted by Crippen LogP contribution is 2.34. The number of hydrogen-bond donors (Lipinski definition) is 3. The predicted molar refractivity (Wildman–Crippen MR) is 118 cm³/mol. The van der Waals surface area contributed by atoms with Gasteiger partial charge in [0.25, 0.3) is 0 Å². The maximum atomic E-state index is 13.4. The number of H-pyrrole nitrogens is 1. The molecule has 0 bridgehead atoms. The number of aromatic carboxylic acids is 1. The lowest BCUT2D eigenvalue weighted by Gasteiger charge is -2.23. The van der Waals surface area contributed by atoms with Gasteiger partial charge in [-0.15, -0.1) is 0 Å². The number of carboxylic acids is 1. The van der Waals surface area contributed by atoms with E-state index in [1.807, 2.05) is 0 Å². The number of halogens is 2. The standard InChI is InChI=1S/C22H20Cl2N4O3/c23-17-6-5-14(9-18(17)24)15(7-8-25)21(29)28-10-16-19(11-28)26-27-20(16)12-1-3-13(4-2-12)22(30)31/h1-6,9,15H,7-8,10-11,25H2,(H,26,27)(H,30,31). The van der Waals surface area contributed by atoms with E-state index >= 15 is 0 Å². The summed E-state index contributed by atoms with van der Waals surface area (Å²) in [5.74, 6) is -1.44. The minimum Gasteiger partial charge on any atom is -0.478 e. The molecule has 1 unspecified atom stereocenters. The number of nitrogens with two attached hydrogens (primary N) is 1. The van der Waals surface area contributed by atoms with Crippen molar-refractivity contribution < 1.29 is 14.7 Å². The Morgan fingerprint density at radius 1 is 1.13 bits per heavy atom. The van der Waals surface area contributed by atoms with Crippen molar-refractivity contribution in [1.29, 1.82) is 0 Å². The molecule has 2 aromatic carbocycles. The molecule has 0 fully saturated rings. The number of nitrogens with zero attached hydrogens (tertiary/aromatic N) is 2. The molecule has 0 saturated heterocycles. The number of benzene rings is 2. The monoisotopic (exact) mass is 458 g/mol. The van der Waals surface area contributed by atoms with Crippen molar-refractivity contribution in [3.63, 3.8) is 0 Å². The lowest BCUT2D eigenvalue weighted by atomic mass is 9.94. The summed E-state index contributed by atoms with van der Waals surface area (Å²) < 4.78 is 0. The first-order valence-corrected chi connectivity index (χ1v) is 10.5. The summed E-state index contributed by atoms with van der Waals surface area (Å²) >= 11 is 12.2. The second-order valence-electron chi connectivity index (χ2n) is 7.41. The van der Waals surface area contributed by atoms with Crippen molar-refractivity contribution in [3.8, 4) is 11.3 Å². The summed E-state index contributed by atoms with van der Waals surface area (Å²) in [5, 5.41) is 17.3. The summed E-state index contributed by atoms with van der Waals surface area (Å²) in [5.41, 5.74) is 10.1. The van der Waals surface area contributed by atoms with E-state index in [9.17, 15) is 9.59 Å². The fraction of sp³-hybridized carbons (Fsp3) is 0.227. The Bertz CT molecular complexity index is 1140. The van der Waals surface area contributed by atoms with Gasteiger partial charge in [0.05, 0.1) is 46.0 Å². The van der Waals surface area contributed by atoms with E-state index in [2.05, 4.69) is 10.2 Å². The normalized spacial score (nSPS) is 13.8. The van der Waals surface area contributed by atoms with Gasteiger partial charge in [-0.05, 0) is 42.8 Å². The Balaban J connectivity index is 1.57. The van der Waals surface area contributed by atoms with Gasteiger partial charge in [0, 0.05) is 11.1 Å². The minimum absolute atomic E-state index is 0.0411. The third-order valence-corrected chi connectivity index (χ3v) is 6.21. The molecule has 1 atom stereocenters. The Labute approximate surface area is 188 Å². The first-order chi connectivity index (χ1) is 14.9. The Morgan fingerprint density at radius 3 is 2.52 bits per heavy atom. The van der Waals surface area contributed by atoms with Crippen LogP contribution in [-0.2, 0) is 17.9 Å². The van der Waals surface area contributed by atoms with Crippen LogP contribution in [-0.4, -0.2) is 38.6 Å². The van der Waals surface area contributed by atoms with Gasteiger partial charge in [-0.2, -0.15) is 5.10 Å². The van der Waals surface area contributed by atoms with Crippen LogP contribution in [0.2, 0.25) is 10.0 Å². The lowest BCUT2D eigenvalue weighted by molar-refractivity contribution is -0.133. The maximum Gasteiger partial charge on any atom is 0.335 e. The molecule has 31 heavy (non-hydrogen) atoms. The van der Waals surface area contributed by atoms with Crippen molar-refractivity contribution in [1.82, 2.24) is 15.1 Å². The number of carbonyl (C=O) groups excluding carboxylic acids is 1. The zero-order valence-electron chi connectivity index (χ0n) is 16.4. The first-order valence-electron chi connectivity index (χ1n) is 9.72. The van der Waals surface area contributed by atoms with E-state index in [1.165, 1.54) is 12.1 Å². The van der Waals surface area contributed by atoms with Crippen LogP contribution >= 0.6 is 23.2 Å². The van der Waals surface area contributed by atoms with Crippen LogP contribution in [0.15, 0.2) is 42.5 Å². The van der Waals surface area contributed by atoms with E-state index < -0.39 is 11.9 Å². The molecule has 1 aliphatic rings. The number of carbonyl (C=O) groups is 2. The molecule has 2 heterocycles. The minimum atomic E-state index is -0.983. The molecule has 3 aromatic rings. The van der Waals surface area contributed by atoms with E-state index in [-0.39, 0.29) is 11.5 Å². The van der Waals surface area contributed by atoms with Crippen molar-refractivity contribution in [2.24, 2.45) is 5.73 Å². The third kappa shape index (κ3) is 4.17. The van der Waals surface area contributed by atoms with E-state index in [1.54, 1.807) is 35.2 Å². The average molecular weight is 459 g/mol. The highest BCUT2D eigenvalue weighted by Gasteiger charge is 2.33. The van der Waals surface area contributed by atoms with Crippen LogP contribution in [0.4, 0.5) is 0 Å². The zero-order valence-corrected chi connectivity index (χ0v) is 18.0. The van der Waals surface area contributed by atoms with Crippen molar-refractivity contribution >= 4 is 35.1 Å². The molecule has 160 valence electrons. The van der Waals surface area contributed by atoms with Gasteiger partial charge in [0.15, 0.2) is 0 Å². The van der Waals surface area contributed by atoms with Crippen LogP contribution in [0, 0.1) is 0 Å². The number of amides is 1. The number of hydrogen-bond acceptors (Lipinski definition) is 4. The van der Waals surface area contributed by atoms with Crippen LogP contribution in [0.1, 0.15) is 39.5 Å². The molecule has 0 saturated carbocycles. The molecule has 9 heteroatoms. The molecule has 1 amide bonds. The maximum absolute atomic E-state index is 13.4. The summed E-state index contributed by atoms with van der Waals surface area (Å²) in [7, 11) is 0. The molecule has 7 nitrogen and oxygen atoms in total. The van der Waals surface area contributed by atoms with Crippen LogP contribution in [0.25, 0.3) is 11.3 Å². The number of fused-ring (bicyclic) bond motifs is 1. The van der Waals surface area contributed by atoms with Gasteiger partial charge in [0.1, 0.15) is 0 Å². The molecular formula is C22H20Cl2N4O3. The lowest BCUT2D eigenvalue weighted by Crippen LogP contribution is -2.32. The summed E-state index contributed by atoms with van der Waals surface area (Å²) in [6.07, 6.45) is 0.489. The van der Waals surface area contributed by atoms with Gasteiger partial charge in [-0.1, -0.05) is 41.4 Å². The van der Waals surface area contributed by atoms with Gasteiger partial charge < -0.3 is 15.7 Å². The fourth-order valence-corrected chi connectivity index (χ4v) is 4.16. The molecular weight excluding hydrogens is 439 g/mol. The zero-order chi connectivity index (χ0) is 22.1. The Morgan fingerprint density at radius 2 is 1.87 bits per heavy atom. The van der Waals surface area contributed by atoms with E-state index in [0.717, 1.165) is 22.4 Å². The van der Waals surface area contributed by atoms with Crippen molar-refractivity contribution in [2.45, 2.75) is 25.4 Å². The first kappa shape index (κ1) is 21.4.